The Balaban J connectivity index is 1.64. The Morgan fingerprint density at radius 1 is 1.13 bits per heavy atom. The van der Waals surface area contributed by atoms with Crippen LogP contribution in [0.2, 0.25) is 0 Å². The van der Waals surface area contributed by atoms with Crippen molar-refractivity contribution in [3.63, 3.8) is 0 Å². The molecule has 2 fully saturated rings. The highest BCUT2D eigenvalue weighted by atomic mass is 15.3. The van der Waals surface area contributed by atoms with Crippen LogP contribution in [0.5, 0.6) is 0 Å². The molecule has 2 rings (SSSR count). The second kappa shape index (κ2) is 5.83. The van der Waals surface area contributed by atoms with Crippen LogP contribution in [0, 0.1) is 5.92 Å². The molecular formula is C12H25N3. The zero-order valence-electron chi connectivity index (χ0n) is 10.0. The summed E-state index contributed by atoms with van der Waals surface area (Å²) in [5, 5.41) is 3.45. The topological polar surface area (TPSA) is 18.5 Å². The monoisotopic (exact) mass is 211 g/mol. The van der Waals surface area contributed by atoms with E-state index in [2.05, 4.69) is 22.0 Å². The maximum absolute atomic E-state index is 3.45. The Morgan fingerprint density at radius 3 is 2.47 bits per heavy atom. The van der Waals surface area contributed by atoms with Crippen LogP contribution in [-0.4, -0.2) is 62.2 Å². The van der Waals surface area contributed by atoms with Crippen molar-refractivity contribution in [2.24, 2.45) is 5.92 Å². The number of piperazine rings is 1. The third-order valence-electron chi connectivity index (χ3n) is 3.68. The molecule has 3 nitrogen and oxygen atoms in total. The Hall–Kier alpha value is -0.120. The normalized spacial score (nSPS) is 29.8. The van der Waals surface area contributed by atoms with Gasteiger partial charge in [0.2, 0.25) is 0 Å². The molecule has 0 unspecified atom stereocenters. The molecule has 0 saturated carbocycles. The molecule has 0 aromatic carbocycles. The standard InChI is InChI=1S/C12H25N3/c1-2-5-14-6-8-15(9-7-14)11-12-3-4-13-10-12/h12-13H,2-11H2,1H3/t12-/m1/s1. The van der Waals surface area contributed by atoms with Gasteiger partial charge in [0.1, 0.15) is 0 Å². The quantitative estimate of drug-likeness (QED) is 0.735. The van der Waals surface area contributed by atoms with Crippen molar-refractivity contribution in [1.29, 1.82) is 0 Å². The lowest BCUT2D eigenvalue weighted by Crippen LogP contribution is -2.47. The van der Waals surface area contributed by atoms with Crippen LogP contribution in [-0.2, 0) is 0 Å². The van der Waals surface area contributed by atoms with E-state index in [0.717, 1.165) is 5.92 Å². The summed E-state index contributed by atoms with van der Waals surface area (Å²) in [6.07, 6.45) is 2.68. The lowest BCUT2D eigenvalue weighted by atomic mass is 10.1. The van der Waals surface area contributed by atoms with Crippen LogP contribution in [0.15, 0.2) is 0 Å². The molecule has 2 heterocycles. The van der Waals surface area contributed by atoms with Gasteiger partial charge < -0.3 is 15.1 Å². The van der Waals surface area contributed by atoms with Gasteiger partial charge in [0, 0.05) is 32.7 Å². The molecule has 15 heavy (non-hydrogen) atoms. The number of hydrogen-bond donors (Lipinski definition) is 1. The summed E-state index contributed by atoms with van der Waals surface area (Å²) < 4.78 is 0. The fraction of sp³-hybridized carbons (Fsp3) is 1.00. The zero-order chi connectivity index (χ0) is 10.5. The highest BCUT2D eigenvalue weighted by molar-refractivity contribution is 4.78. The average molecular weight is 211 g/mol. The van der Waals surface area contributed by atoms with E-state index in [0.29, 0.717) is 0 Å². The van der Waals surface area contributed by atoms with E-state index in [-0.39, 0.29) is 0 Å². The summed E-state index contributed by atoms with van der Waals surface area (Å²) in [6.45, 7) is 12.5. The minimum atomic E-state index is 0.919. The molecule has 2 saturated heterocycles. The van der Waals surface area contributed by atoms with Crippen molar-refractivity contribution in [3.05, 3.63) is 0 Å². The third kappa shape index (κ3) is 3.44. The van der Waals surface area contributed by atoms with Crippen molar-refractivity contribution in [2.75, 3.05) is 52.4 Å². The van der Waals surface area contributed by atoms with Gasteiger partial charge in [-0.25, -0.2) is 0 Å². The van der Waals surface area contributed by atoms with E-state index in [1.807, 2.05) is 0 Å². The van der Waals surface area contributed by atoms with Gasteiger partial charge >= 0.3 is 0 Å². The van der Waals surface area contributed by atoms with Crippen LogP contribution in [0.1, 0.15) is 19.8 Å². The van der Waals surface area contributed by atoms with Crippen molar-refractivity contribution in [3.8, 4) is 0 Å². The van der Waals surface area contributed by atoms with E-state index in [9.17, 15) is 0 Å². The fourth-order valence-electron chi connectivity index (χ4n) is 2.75. The molecule has 0 spiro atoms. The first-order valence-corrected chi connectivity index (χ1v) is 6.54. The van der Waals surface area contributed by atoms with Crippen LogP contribution in [0.4, 0.5) is 0 Å². The first-order valence-electron chi connectivity index (χ1n) is 6.54. The molecule has 1 atom stereocenters. The second-order valence-electron chi connectivity index (χ2n) is 5.00. The molecule has 0 aromatic rings. The van der Waals surface area contributed by atoms with Crippen LogP contribution in [0.25, 0.3) is 0 Å². The van der Waals surface area contributed by atoms with E-state index in [4.69, 9.17) is 0 Å². The SMILES string of the molecule is CCCN1CCN(C[C@@H]2CCNC2)CC1. The smallest absolute Gasteiger partial charge is 0.0110 e. The summed E-state index contributed by atoms with van der Waals surface area (Å²) in [6, 6.07) is 0. The zero-order valence-corrected chi connectivity index (χ0v) is 10.0. The molecule has 0 aliphatic carbocycles. The lowest BCUT2D eigenvalue weighted by molar-refractivity contribution is 0.120. The maximum Gasteiger partial charge on any atom is 0.0110 e. The van der Waals surface area contributed by atoms with Crippen LogP contribution >= 0.6 is 0 Å². The molecule has 1 N–H and O–H groups in total. The molecule has 2 aliphatic heterocycles. The summed E-state index contributed by atoms with van der Waals surface area (Å²) in [5.41, 5.74) is 0. The largest absolute Gasteiger partial charge is 0.316 e. The Bertz CT molecular complexity index is 170. The highest BCUT2D eigenvalue weighted by Crippen LogP contribution is 2.11. The average Bonchev–Trinajstić information content (AvgIpc) is 2.74. The molecule has 0 bridgehead atoms. The van der Waals surface area contributed by atoms with Crippen molar-refractivity contribution in [2.45, 2.75) is 19.8 Å². The van der Waals surface area contributed by atoms with Gasteiger partial charge in [-0.3, -0.25) is 0 Å². The fourth-order valence-corrected chi connectivity index (χ4v) is 2.75. The Kier molecular flexibility index (Phi) is 4.42. The second-order valence-corrected chi connectivity index (χ2v) is 5.00. The van der Waals surface area contributed by atoms with E-state index < -0.39 is 0 Å². The molecule has 0 aromatic heterocycles. The minimum absolute atomic E-state index is 0.919. The van der Waals surface area contributed by atoms with Crippen LogP contribution in [0.3, 0.4) is 0 Å². The number of nitrogens with one attached hydrogen (secondary N) is 1. The Morgan fingerprint density at radius 2 is 1.87 bits per heavy atom. The van der Waals surface area contributed by atoms with Crippen molar-refractivity contribution >= 4 is 0 Å². The molecule has 2 aliphatic rings. The first kappa shape index (κ1) is 11.4. The summed E-state index contributed by atoms with van der Waals surface area (Å²) in [4.78, 5) is 5.26. The summed E-state index contributed by atoms with van der Waals surface area (Å²) >= 11 is 0. The van der Waals surface area contributed by atoms with Gasteiger partial charge in [0.15, 0.2) is 0 Å². The molecule has 0 amide bonds. The predicted molar refractivity (Wildman–Crippen MR) is 64.1 cm³/mol. The highest BCUT2D eigenvalue weighted by Gasteiger charge is 2.21. The molecule has 88 valence electrons. The van der Waals surface area contributed by atoms with E-state index in [1.165, 1.54) is 65.2 Å². The Labute approximate surface area is 93.8 Å². The minimum Gasteiger partial charge on any atom is -0.316 e. The number of rotatable bonds is 4. The summed E-state index contributed by atoms with van der Waals surface area (Å²) in [5.74, 6) is 0.919. The van der Waals surface area contributed by atoms with Gasteiger partial charge in [0.25, 0.3) is 0 Å². The molecular weight excluding hydrogens is 186 g/mol. The van der Waals surface area contributed by atoms with E-state index >= 15 is 0 Å². The number of hydrogen-bond acceptors (Lipinski definition) is 3. The summed E-state index contributed by atoms with van der Waals surface area (Å²) in [7, 11) is 0. The van der Waals surface area contributed by atoms with Crippen molar-refractivity contribution in [1.82, 2.24) is 15.1 Å². The van der Waals surface area contributed by atoms with Crippen LogP contribution < -0.4 is 5.32 Å². The van der Waals surface area contributed by atoms with E-state index in [1.54, 1.807) is 0 Å². The van der Waals surface area contributed by atoms with Crippen molar-refractivity contribution < 1.29 is 0 Å². The van der Waals surface area contributed by atoms with Gasteiger partial charge in [-0.15, -0.1) is 0 Å². The van der Waals surface area contributed by atoms with Gasteiger partial charge in [-0.2, -0.15) is 0 Å². The predicted octanol–water partition coefficient (Wildman–Crippen LogP) is 0.624. The van der Waals surface area contributed by atoms with Gasteiger partial charge in [0.05, 0.1) is 0 Å². The lowest BCUT2D eigenvalue weighted by Gasteiger charge is -2.35. The molecule has 0 radical (unpaired) electrons. The number of nitrogens with zero attached hydrogens (tertiary/aromatic N) is 2. The maximum atomic E-state index is 3.45. The first-order chi connectivity index (χ1) is 7.38. The van der Waals surface area contributed by atoms with Gasteiger partial charge in [-0.05, 0) is 38.4 Å². The molecule has 3 heteroatoms. The third-order valence-corrected chi connectivity index (χ3v) is 3.68. The van der Waals surface area contributed by atoms with Gasteiger partial charge in [-0.1, -0.05) is 6.92 Å².